The fraction of sp³-hybridized carbons (Fsp3) is 0.375. The highest BCUT2D eigenvalue weighted by atomic mass is 16.3. The quantitative estimate of drug-likeness (QED) is 0.827. The molecule has 2 rings (SSSR count). The summed E-state index contributed by atoms with van der Waals surface area (Å²) < 4.78 is 5.47. The number of nitrogens with one attached hydrogen (secondary N) is 1. The molecule has 1 heterocycles. The van der Waals surface area contributed by atoms with Crippen LogP contribution in [0.4, 0.5) is 0 Å². The van der Waals surface area contributed by atoms with Crippen molar-refractivity contribution in [1.29, 1.82) is 0 Å². The number of hydrogen-bond acceptors (Lipinski definition) is 2. The van der Waals surface area contributed by atoms with Gasteiger partial charge >= 0.3 is 0 Å². The van der Waals surface area contributed by atoms with E-state index in [0.717, 1.165) is 25.1 Å². The van der Waals surface area contributed by atoms with Gasteiger partial charge in [0.2, 0.25) is 0 Å². The zero-order valence-electron chi connectivity index (χ0n) is 11.1. The Balaban J connectivity index is 2.02. The summed E-state index contributed by atoms with van der Waals surface area (Å²) in [6, 6.07) is 12.9. The zero-order valence-corrected chi connectivity index (χ0v) is 11.1. The van der Waals surface area contributed by atoms with Crippen LogP contribution < -0.4 is 5.32 Å². The lowest BCUT2D eigenvalue weighted by molar-refractivity contribution is 0.403. The zero-order chi connectivity index (χ0) is 12.8. The molecule has 1 N–H and O–H groups in total. The van der Waals surface area contributed by atoms with Crippen LogP contribution >= 0.6 is 0 Å². The minimum absolute atomic E-state index is 0.296. The Hall–Kier alpha value is -1.54. The molecule has 0 saturated carbocycles. The molecule has 0 spiro atoms. The van der Waals surface area contributed by atoms with Crippen LogP contribution in [0.5, 0.6) is 0 Å². The van der Waals surface area contributed by atoms with E-state index in [1.807, 2.05) is 12.1 Å². The molecular formula is C16H21NO. The Morgan fingerprint density at radius 3 is 2.44 bits per heavy atom. The van der Waals surface area contributed by atoms with Crippen LogP contribution in [0.3, 0.4) is 0 Å². The highest BCUT2D eigenvalue weighted by molar-refractivity contribution is 5.27. The van der Waals surface area contributed by atoms with Crippen molar-refractivity contribution in [1.82, 2.24) is 5.32 Å². The molecule has 0 aliphatic carbocycles. The van der Waals surface area contributed by atoms with E-state index < -0.39 is 0 Å². The highest BCUT2D eigenvalue weighted by Gasteiger charge is 2.11. The summed E-state index contributed by atoms with van der Waals surface area (Å²) >= 11 is 0. The second kappa shape index (κ2) is 6.41. The second-order valence-electron chi connectivity index (χ2n) is 4.48. The first-order chi connectivity index (χ1) is 8.85. The molecule has 1 unspecified atom stereocenters. The summed E-state index contributed by atoms with van der Waals surface area (Å²) in [6.07, 6.45) is 3.84. The lowest BCUT2D eigenvalue weighted by atomic mass is 10.0. The summed E-state index contributed by atoms with van der Waals surface area (Å²) in [7, 11) is 0. The molecule has 2 heteroatoms. The first-order valence-corrected chi connectivity index (χ1v) is 6.68. The first-order valence-electron chi connectivity index (χ1n) is 6.68. The van der Waals surface area contributed by atoms with Gasteiger partial charge in [0.1, 0.15) is 5.76 Å². The van der Waals surface area contributed by atoms with Gasteiger partial charge in [0.25, 0.3) is 0 Å². The number of aryl methyl sites for hydroxylation is 1. The van der Waals surface area contributed by atoms with Crippen molar-refractivity contribution in [3.05, 3.63) is 59.5 Å². The molecule has 2 nitrogen and oxygen atoms in total. The molecule has 2 aromatic rings. The Morgan fingerprint density at radius 2 is 1.83 bits per heavy atom. The maximum absolute atomic E-state index is 5.47. The Labute approximate surface area is 109 Å². The molecule has 1 aromatic heterocycles. The maximum Gasteiger partial charge on any atom is 0.120 e. The van der Waals surface area contributed by atoms with Crippen LogP contribution in [-0.2, 0) is 13.0 Å². The molecule has 0 fully saturated rings. The Kier molecular flexibility index (Phi) is 4.59. The molecule has 0 saturated heterocycles. The van der Waals surface area contributed by atoms with E-state index in [1.54, 1.807) is 6.26 Å². The van der Waals surface area contributed by atoms with Crippen LogP contribution in [0.2, 0.25) is 0 Å². The number of furan rings is 1. The van der Waals surface area contributed by atoms with Gasteiger partial charge in [-0.2, -0.15) is 0 Å². The van der Waals surface area contributed by atoms with Crippen LogP contribution in [0.25, 0.3) is 0 Å². The van der Waals surface area contributed by atoms with Crippen molar-refractivity contribution in [3.8, 4) is 0 Å². The predicted molar refractivity (Wildman–Crippen MR) is 74.4 cm³/mol. The van der Waals surface area contributed by atoms with Gasteiger partial charge in [0, 0.05) is 6.54 Å². The summed E-state index contributed by atoms with van der Waals surface area (Å²) in [5.41, 5.74) is 2.80. The molecule has 0 aliphatic rings. The topological polar surface area (TPSA) is 25.2 Å². The molecule has 18 heavy (non-hydrogen) atoms. The van der Waals surface area contributed by atoms with Gasteiger partial charge in [-0.25, -0.2) is 0 Å². The van der Waals surface area contributed by atoms with Crippen molar-refractivity contribution in [2.75, 3.05) is 0 Å². The smallest absolute Gasteiger partial charge is 0.120 e. The maximum atomic E-state index is 5.47. The van der Waals surface area contributed by atoms with Crippen LogP contribution in [0.15, 0.2) is 47.1 Å². The van der Waals surface area contributed by atoms with Crippen molar-refractivity contribution < 1.29 is 4.42 Å². The van der Waals surface area contributed by atoms with E-state index in [9.17, 15) is 0 Å². The van der Waals surface area contributed by atoms with E-state index in [-0.39, 0.29) is 0 Å². The van der Waals surface area contributed by atoms with E-state index in [4.69, 9.17) is 4.42 Å². The average molecular weight is 243 g/mol. The highest BCUT2D eigenvalue weighted by Crippen LogP contribution is 2.18. The molecule has 0 amide bonds. The van der Waals surface area contributed by atoms with Gasteiger partial charge in [-0.15, -0.1) is 0 Å². The second-order valence-corrected chi connectivity index (χ2v) is 4.48. The van der Waals surface area contributed by atoms with Crippen molar-refractivity contribution in [3.63, 3.8) is 0 Å². The van der Waals surface area contributed by atoms with Crippen LogP contribution in [0.1, 0.15) is 43.2 Å². The summed E-state index contributed by atoms with van der Waals surface area (Å²) in [5.74, 6) is 1.02. The lowest BCUT2D eigenvalue weighted by Gasteiger charge is -2.16. The number of hydrogen-bond donors (Lipinski definition) is 1. The Morgan fingerprint density at radius 1 is 1.06 bits per heavy atom. The SMILES string of the molecule is CCc1ccccc1CNC(CC)c1ccco1. The third-order valence-corrected chi connectivity index (χ3v) is 3.33. The predicted octanol–water partition coefficient (Wildman–Crippen LogP) is 4.08. The van der Waals surface area contributed by atoms with Crippen LogP contribution in [0, 0.1) is 0 Å². The first kappa shape index (κ1) is 12.9. The van der Waals surface area contributed by atoms with E-state index in [2.05, 4.69) is 43.4 Å². The number of benzene rings is 1. The fourth-order valence-corrected chi connectivity index (χ4v) is 2.24. The van der Waals surface area contributed by atoms with E-state index in [0.29, 0.717) is 6.04 Å². The van der Waals surface area contributed by atoms with Gasteiger partial charge in [-0.1, -0.05) is 38.1 Å². The van der Waals surface area contributed by atoms with Gasteiger partial charge in [0.05, 0.1) is 12.3 Å². The van der Waals surface area contributed by atoms with Gasteiger partial charge in [-0.05, 0) is 36.1 Å². The molecule has 1 aromatic carbocycles. The van der Waals surface area contributed by atoms with Gasteiger partial charge in [0.15, 0.2) is 0 Å². The molecule has 0 bridgehead atoms. The molecule has 1 atom stereocenters. The largest absolute Gasteiger partial charge is 0.468 e. The summed E-state index contributed by atoms with van der Waals surface area (Å²) in [5, 5.41) is 3.57. The summed E-state index contributed by atoms with van der Waals surface area (Å²) in [6.45, 7) is 5.26. The lowest BCUT2D eigenvalue weighted by Crippen LogP contribution is -2.20. The van der Waals surface area contributed by atoms with Crippen LogP contribution in [-0.4, -0.2) is 0 Å². The molecular weight excluding hydrogens is 222 g/mol. The number of rotatable bonds is 6. The fourth-order valence-electron chi connectivity index (χ4n) is 2.24. The van der Waals surface area contributed by atoms with E-state index >= 15 is 0 Å². The standard InChI is InChI=1S/C16H21NO/c1-3-13-8-5-6-9-14(13)12-17-15(4-2)16-10-7-11-18-16/h5-11,15,17H,3-4,12H2,1-2H3. The van der Waals surface area contributed by atoms with Gasteiger partial charge in [-0.3, -0.25) is 0 Å². The molecule has 0 radical (unpaired) electrons. The normalized spacial score (nSPS) is 12.6. The van der Waals surface area contributed by atoms with Crippen molar-refractivity contribution in [2.24, 2.45) is 0 Å². The monoisotopic (exact) mass is 243 g/mol. The van der Waals surface area contributed by atoms with Crippen molar-refractivity contribution in [2.45, 2.75) is 39.3 Å². The third kappa shape index (κ3) is 3.02. The van der Waals surface area contributed by atoms with E-state index in [1.165, 1.54) is 11.1 Å². The van der Waals surface area contributed by atoms with Gasteiger partial charge < -0.3 is 9.73 Å². The third-order valence-electron chi connectivity index (χ3n) is 3.33. The average Bonchev–Trinajstić information content (AvgIpc) is 2.94. The van der Waals surface area contributed by atoms with Crippen molar-refractivity contribution >= 4 is 0 Å². The minimum atomic E-state index is 0.296. The molecule has 0 aliphatic heterocycles. The Bertz CT molecular complexity index is 462. The minimum Gasteiger partial charge on any atom is -0.468 e. The molecule has 96 valence electrons. The summed E-state index contributed by atoms with van der Waals surface area (Å²) in [4.78, 5) is 0.